The summed E-state index contributed by atoms with van der Waals surface area (Å²) in [6.45, 7) is 10.1. The van der Waals surface area contributed by atoms with Gasteiger partial charge in [0, 0.05) is 32.7 Å². The number of rotatable bonds is 5. The lowest BCUT2D eigenvalue weighted by atomic mass is 10.3. The molecule has 0 aliphatic carbocycles. The van der Waals surface area contributed by atoms with Crippen molar-refractivity contribution in [3.8, 4) is 0 Å². The molecule has 1 heterocycles. The van der Waals surface area contributed by atoms with Crippen molar-refractivity contribution in [1.29, 1.82) is 0 Å². The molecule has 3 nitrogen and oxygen atoms in total. The van der Waals surface area contributed by atoms with E-state index in [-0.39, 0.29) is 0 Å². The van der Waals surface area contributed by atoms with Crippen molar-refractivity contribution in [3.63, 3.8) is 0 Å². The summed E-state index contributed by atoms with van der Waals surface area (Å²) in [5.74, 6) is 0. The number of hydrogen-bond donors (Lipinski definition) is 0. The van der Waals surface area contributed by atoms with E-state index >= 15 is 0 Å². The predicted octanol–water partition coefficient (Wildman–Crippen LogP) is 0.687. The van der Waals surface area contributed by atoms with Gasteiger partial charge in [-0.05, 0) is 25.9 Å². The third-order valence-corrected chi connectivity index (χ3v) is 2.66. The van der Waals surface area contributed by atoms with E-state index in [0.717, 1.165) is 13.0 Å². The van der Waals surface area contributed by atoms with Crippen molar-refractivity contribution in [2.24, 2.45) is 0 Å². The summed E-state index contributed by atoms with van der Waals surface area (Å²) in [5, 5.41) is 0. The highest BCUT2D eigenvalue weighted by Gasteiger charge is 2.14. The highest BCUT2D eigenvalue weighted by atomic mass is 15.3. The van der Waals surface area contributed by atoms with Gasteiger partial charge in [-0.1, -0.05) is 6.92 Å². The molecular formula is C10H22N3. The maximum absolute atomic E-state index is 7.09. The molecule has 0 atom stereocenters. The molecule has 13 heavy (non-hydrogen) atoms. The largest absolute Gasteiger partial charge is 0.301 e. The fourth-order valence-corrected chi connectivity index (χ4v) is 1.86. The summed E-state index contributed by atoms with van der Waals surface area (Å²) in [5.41, 5.74) is 7.09. The molecule has 0 aromatic rings. The van der Waals surface area contributed by atoms with Gasteiger partial charge in [0.05, 0.1) is 0 Å². The first kappa shape index (κ1) is 11.0. The van der Waals surface area contributed by atoms with E-state index in [1.54, 1.807) is 0 Å². The fourth-order valence-electron chi connectivity index (χ4n) is 1.86. The third kappa shape index (κ3) is 4.07. The quantitative estimate of drug-likeness (QED) is 0.629. The van der Waals surface area contributed by atoms with Crippen LogP contribution < -0.4 is 5.73 Å². The van der Waals surface area contributed by atoms with E-state index in [1.165, 1.54) is 39.1 Å². The van der Waals surface area contributed by atoms with Gasteiger partial charge in [-0.2, -0.15) is 0 Å². The average Bonchev–Trinajstić information content (AvgIpc) is 2.17. The summed E-state index contributed by atoms with van der Waals surface area (Å²) in [6, 6.07) is 0. The van der Waals surface area contributed by atoms with Gasteiger partial charge in [0.15, 0.2) is 0 Å². The summed E-state index contributed by atoms with van der Waals surface area (Å²) in [4.78, 5) is 5.03. The Kier molecular flexibility index (Phi) is 5.35. The van der Waals surface area contributed by atoms with Gasteiger partial charge >= 0.3 is 0 Å². The monoisotopic (exact) mass is 184 g/mol. The molecule has 0 amide bonds. The Morgan fingerprint density at radius 1 is 1.00 bits per heavy atom. The van der Waals surface area contributed by atoms with Crippen molar-refractivity contribution < 1.29 is 0 Å². The molecule has 0 aromatic carbocycles. The van der Waals surface area contributed by atoms with Crippen LogP contribution in [0.2, 0.25) is 0 Å². The molecule has 1 radical (unpaired) electrons. The second kappa shape index (κ2) is 6.35. The topological polar surface area (TPSA) is 30.3 Å². The normalized spacial score (nSPS) is 20.8. The lowest BCUT2D eigenvalue weighted by molar-refractivity contribution is 0.132. The van der Waals surface area contributed by atoms with Gasteiger partial charge in [-0.25, -0.2) is 0 Å². The van der Waals surface area contributed by atoms with Gasteiger partial charge in [-0.15, -0.1) is 0 Å². The van der Waals surface area contributed by atoms with Crippen LogP contribution in [0.15, 0.2) is 0 Å². The molecule has 3 heteroatoms. The number of piperazine rings is 1. The van der Waals surface area contributed by atoms with Crippen molar-refractivity contribution >= 4 is 0 Å². The van der Waals surface area contributed by atoms with E-state index in [4.69, 9.17) is 5.73 Å². The maximum Gasteiger partial charge on any atom is 0.0112 e. The minimum absolute atomic E-state index is 0.579. The smallest absolute Gasteiger partial charge is 0.0112 e. The lowest BCUT2D eigenvalue weighted by Gasteiger charge is -2.34. The Morgan fingerprint density at radius 2 is 1.54 bits per heavy atom. The van der Waals surface area contributed by atoms with Gasteiger partial charge in [0.25, 0.3) is 0 Å². The van der Waals surface area contributed by atoms with Crippen LogP contribution in [-0.2, 0) is 0 Å². The fraction of sp³-hybridized carbons (Fsp3) is 1.00. The summed E-state index contributed by atoms with van der Waals surface area (Å²) in [7, 11) is 0. The standard InChI is InChI=1S/C10H22N3/c1-2-5-12-7-9-13(10-8-12)6-3-4-11/h11H,2-10H2,1H3. The average molecular weight is 184 g/mol. The first-order chi connectivity index (χ1) is 6.36. The number of hydrogen-bond acceptors (Lipinski definition) is 2. The van der Waals surface area contributed by atoms with E-state index in [2.05, 4.69) is 16.7 Å². The van der Waals surface area contributed by atoms with Gasteiger partial charge in [-0.3, -0.25) is 5.73 Å². The predicted molar refractivity (Wildman–Crippen MR) is 55.8 cm³/mol. The van der Waals surface area contributed by atoms with Crippen molar-refractivity contribution in [2.75, 3.05) is 45.8 Å². The molecule has 1 saturated heterocycles. The molecule has 1 aliphatic heterocycles. The maximum atomic E-state index is 7.09. The zero-order chi connectivity index (χ0) is 9.52. The Balaban J connectivity index is 2.08. The van der Waals surface area contributed by atoms with Crippen molar-refractivity contribution in [2.45, 2.75) is 19.8 Å². The second-order valence-electron chi connectivity index (χ2n) is 3.79. The molecule has 0 aromatic heterocycles. The van der Waals surface area contributed by atoms with Gasteiger partial charge < -0.3 is 9.80 Å². The van der Waals surface area contributed by atoms with Crippen LogP contribution in [0, 0.1) is 0 Å². The summed E-state index contributed by atoms with van der Waals surface area (Å²) < 4.78 is 0. The van der Waals surface area contributed by atoms with E-state index in [1.807, 2.05) is 0 Å². The van der Waals surface area contributed by atoms with Crippen LogP contribution in [-0.4, -0.2) is 55.6 Å². The minimum atomic E-state index is 0.579. The van der Waals surface area contributed by atoms with E-state index in [9.17, 15) is 0 Å². The Labute approximate surface area is 81.9 Å². The third-order valence-electron chi connectivity index (χ3n) is 2.66. The minimum Gasteiger partial charge on any atom is -0.301 e. The van der Waals surface area contributed by atoms with Crippen LogP contribution in [0.3, 0.4) is 0 Å². The highest BCUT2D eigenvalue weighted by Crippen LogP contribution is 2.02. The Morgan fingerprint density at radius 3 is 2.00 bits per heavy atom. The molecule has 0 bridgehead atoms. The summed E-state index contributed by atoms with van der Waals surface area (Å²) >= 11 is 0. The SMILES string of the molecule is CCCN1CCN(CCC[NH])CC1. The van der Waals surface area contributed by atoms with Crippen LogP contribution in [0.1, 0.15) is 19.8 Å². The highest BCUT2D eigenvalue weighted by molar-refractivity contribution is 4.71. The second-order valence-corrected chi connectivity index (χ2v) is 3.79. The molecule has 0 unspecified atom stereocenters. The molecule has 1 rings (SSSR count). The Hall–Kier alpha value is -0.120. The molecule has 0 spiro atoms. The van der Waals surface area contributed by atoms with Crippen molar-refractivity contribution in [1.82, 2.24) is 15.5 Å². The summed E-state index contributed by atoms with van der Waals surface area (Å²) in [6.07, 6.45) is 2.31. The van der Waals surface area contributed by atoms with E-state index in [0.29, 0.717) is 6.54 Å². The Bertz CT molecular complexity index is 119. The molecular weight excluding hydrogens is 162 g/mol. The molecule has 1 N–H and O–H groups in total. The molecule has 77 valence electrons. The van der Waals surface area contributed by atoms with Crippen LogP contribution in [0.5, 0.6) is 0 Å². The van der Waals surface area contributed by atoms with Crippen LogP contribution >= 0.6 is 0 Å². The zero-order valence-electron chi connectivity index (χ0n) is 8.76. The van der Waals surface area contributed by atoms with E-state index < -0.39 is 0 Å². The molecule has 1 fully saturated rings. The molecule has 1 aliphatic rings. The zero-order valence-corrected chi connectivity index (χ0v) is 8.76. The van der Waals surface area contributed by atoms with Crippen LogP contribution in [0.4, 0.5) is 0 Å². The van der Waals surface area contributed by atoms with Gasteiger partial charge in [0.1, 0.15) is 0 Å². The number of nitrogens with one attached hydrogen (secondary N) is 1. The lowest BCUT2D eigenvalue weighted by Crippen LogP contribution is -2.46. The number of nitrogens with zero attached hydrogens (tertiary/aromatic N) is 2. The van der Waals surface area contributed by atoms with Crippen LogP contribution in [0.25, 0.3) is 0 Å². The first-order valence-electron chi connectivity index (χ1n) is 5.46. The van der Waals surface area contributed by atoms with Gasteiger partial charge in [0.2, 0.25) is 0 Å². The molecule has 0 saturated carbocycles. The van der Waals surface area contributed by atoms with Crippen molar-refractivity contribution in [3.05, 3.63) is 0 Å². The first-order valence-corrected chi connectivity index (χ1v) is 5.46.